The van der Waals surface area contributed by atoms with Crippen LogP contribution in [0.3, 0.4) is 0 Å². The highest BCUT2D eigenvalue weighted by atomic mass is 16.5. The monoisotopic (exact) mass is 325 g/mol. The van der Waals surface area contributed by atoms with Gasteiger partial charge in [-0.25, -0.2) is 4.79 Å². The number of urea groups is 1. The van der Waals surface area contributed by atoms with Crippen LogP contribution in [0, 0.1) is 5.92 Å². The lowest BCUT2D eigenvalue weighted by molar-refractivity contribution is -0.149. The summed E-state index contributed by atoms with van der Waals surface area (Å²) in [7, 11) is 0. The highest BCUT2D eigenvalue weighted by Gasteiger charge is 2.43. The molecule has 0 spiro atoms. The van der Waals surface area contributed by atoms with Crippen LogP contribution in [-0.4, -0.2) is 66.0 Å². The van der Waals surface area contributed by atoms with E-state index in [2.05, 4.69) is 10.2 Å². The van der Waals surface area contributed by atoms with Crippen LogP contribution in [0.25, 0.3) is 0 Å². The average Bonchev–Trinajstić information content (AvgIpc) is 2.69. The number of nitrogens with one attached hydrogen (secondary N) is 1. The number of amides is 3. The molecular formula is C16H27N3O4. The van der Waals surface area contributed by atoms with Crippen LogP contribution < -0.4 is 5.32 Å². The number of nitrogens with zero attached hydrogens (tertiary/aromatic N) is 2. The highest BCUT2D eigenvalue weighted by molar-refractivity contribution is 6.06. The molecule has 0 bridgehead atoms. The topological polar surface area (TPSA) is 79.0 Å². The Balaban J connectivity index is 1.77. The molecule has 0 aromatic rings. The fourth-order valence-corrected chi connectivity index (χ4v) is 3.18. The first-order valence-electron chi connectivity index (χ1n) is 8.38. The van der Waals surface area contributed by atoms with Crippen LogP contribution in [-0.2, 0) is 14.3 Å². The van der Waals surface area contributed by atoms with Crippen molar-refractivity contribution >= 4 is 17.9 Å². The maximum absolute atomic E-state index is 12.1. The van der Waals surface area contributed by atoms with Crippen molar-refractivity contribution in [3.8, 4) is 0 Å². The van der Waals surface area contributed by atoms with Crippen molar-refractivity contribution in [2.75, 3.05) is 32.8 Å². The third-order valence-corrected chi connectivity index (χ3v) is 4.43. The van der Waals surface area contributed by atoms with Gasteiger partial charge < -0.3 is 15.0 Å². The molecular weight excluding hydrogens is 298 g/mol. The number of piperidine rings is 1. The maximum atomic E-state index is 12.1. The lowest BCUT2D eigenvalue weighted by Gasteiger charge is -2.31. The number of rotatable bonds is 6. The van der Waals surface area contributed by atoms with Gasteiger partial charge in [0.1, 0.15) is 5.54 Å². The van der Waals surface area contributed by atoms with Crippen molar-refractivity contribution in [3.05, 3.63) is 0 Å². The minimum absolute atomic E-state index is 0.0562. The van der Waals surface area contributed by atoms with Crippen LogP contribution in [0.15, 0.2) is 0 Å². The molecule has 7 nitrogen and oxygen atoms in total. The Bertz CT molecular complexity index is 478. The Morgan fingerprint density at radius 1 is 1.35 bits per heavy atom. The van der Waals surface area contributed by atoms with E-state index in [-0.39, 0.29) is 23.8 Å². The number of hydrogen-bond donors (Lipinski definition) is 1. The summed E-state index contributed by atoms with van der Waals surface area (Å²) in [5, 5.41) is 2.68. The molecule has 2 saturated heterocycles. The van der Waals surface area contributed by atoms with Crippen molar-refractivity contribution in [3.63, 3.8) is 0 Å². The number of carbonyl (C=O) groups excluding carboxylic acids is 3. The molecule has 3 amide bonds. The molecule has 0 saturated carbocycles. The summed E-state index contributed by atoms with van der Waals surface area (Å²) in [6.07, 6.45) is 2.56. The highest BCUT2D eigenvalue weighted by Crippen LogP contribution is 2.19. The Hall–Kier alpha value is -1.63. The van der Waals surface area contributed by atoms with Gasteiger partial charge in [0.15, 0.2) is 0 Å². The van der Waals surface area contributed by atoms with E-state index in [1.807, 2.05) is 6.92 Å². The van der Waals surface area contributed by atoms with Crippen LogP contribution >= 0.6 is 0 Å². The molecule has 0 radical (unpaired) electrons. The molecule has 2 aliphatic rings. The summed E-state index contributed by atoms with van der Waals surface area (Å²) in [6.45, 7) is 8.48. The fourth-order valence-electron chi connectivity index (χ4n) is 3.18. The summed E-state index contributed by atoms with van der Waals surface area (Å²) in [5.41, 5.74) is -0.808. The lowest BCUT2D eigenvalue weighted by atomic mass is 9.98. The minimum atomic E-state index is -0.808. The molecule has 0 aromatic heterocycles. The second-order valence-corrected chi connectivity index (χ2v) is 6.76. The number of hydrogen-bond acceptors (Lipinski definition) is 5. The van der Waals surface area contributed by atoms with E-state index in [0.29, 0.717) is 26.1 Å². The van der Waals surface area contributed by atoms with Gasteiger partial charge in [0.25, 0.3) is 5.91 Å². The molecule has 2 rings (SSSR count). The van der Waals surface area contributed by atoms with Crippen molar-refractivity contribution < 1.29 is 19.1 Å². The number of esters is 1. The number of ether oxygens (including phenoxy) is 1. The summed E-state index contributed by atoms with van der Waals surface area (Å²) in [5.74, 6) is -0.349. The molecule has 23 heavy (non-hydrogen) atoms. The Morgan fingerprint density at radius 3 is 2.70 bits per heavy atom. The van der Waals surface area contributed by atoms with E-state index in [4.69, 9.17) is 4.74 Å². The molecule has 2 heterocycles. The third-order valence-electron chi connectivity index (χ3n) is 4.43. The van der Waals surface area contributed by atoms with Crippen molar-refractivity contribution in [1.82, 2.24) is 15.1 Å². The van der Waals surface area contributed by atoms with Crippen LogP contribution in [0.5, 0.6) is 0 Å². The summed E-state index contributed by atoms with van der Waals surface area (Å²) in [6, 6.07) is -0.317. The SMILES string of the molecule is CCOC(=O)[C@H]1CCCN(CCCN2C(=O)NC(C)(C)C2=O)C1. The van der Waals surface area contributed by atoms with E-state index in [1.54, 1.807) is 13.8 Å². The molecule has 0 unspecified atom stereocenters. The van der Waals surface area contributed by atoms with E-state index < -0.39 is 5.54 Å². The quantitative estimate of drug-likeness (QED) is 0.582. The lowest BCUT2D eigenvalue weighted by Crippen LogP contribution is -2.42. The first kappa shape index (κ1) is 17.7. The molecule has 1 atom stereocenters. The molecule has 0 aliphatic carbocycles. The average molecular weight is 325 g/mol. The van der Waals surface area contributed by atoms with Crippen molar-refractivity contribution in [2.45, 2.75) is 45.6 Å². The summed E-state index contributed by atoms with van der Waals surface area (Å²) in [4.78, 5) is 39.2. The van der Waals surface area contributed by atoms with Crippen LogP contribution in [0.4, 0.5) is 4.79 Å². The maximum Gasteiger partial charge on any atom is 0.325 e. The summed E-state index contributed by atoms with van der Waals surface area (Å²) >= 11 is 0. The van der Waals surface area contributed by atoms with Gasteiger partial charge in [-0.05, 0) is 53.1 Å². The van der Waals surface area contributed by atoms with Crippen molar-refractivity contribution in [2.24, 2.45) is 5.92 Å². The molecule has 130 valence electrons. The van der Waals surface area contributed by atoms with Gasteiger partial charge in [-0.1, -0.05) is 0 Å². The summed E-state index contributed by atoms with van der Waals surface area (Å²) < 4.78 is 5.10. The predicted molar refractivity (Wildman–Crippen MR) is 84.7 cm³/mol. The van der Waals surface area contributed by atoms with Gasteiger partial charge in [0, 0.05) is 13.1 Å². The molecule has 1 N–H and O–H groups in total. The van der Waals surface area contributed by atoms with Gasteiger partial charge in [-0.15, -0.1) is 0 Å². The fraction of sp³-hybridized carbons (Fsp3) is 0.812. The second kappa shape index (κ2) is 7.29. The minimum Gasteiger partial charge on any atom is -0.466 e. The molecule has 0 aromatic carbocycles. The van der Waals surface area contributed by atoms with Gasteiger partial charge >= 0.3 is 12.0 Å². The van der Waals surface area contributed by atoms with Gasteiger partial charge in [-0.2, -0.15) is 0 Å². The molecule has 2 fully saturated rings. The zero-order valence-corrected chi connectivity index (χ0v) is 14.3. The zero-order valence-electron chi connectivity index (χ0n) is 14.3. The largest absolute Gasteiger partial charge is 0.466 e. The first-order valence-corrected chi connectivity index (χ1v) is 8.38. The number of likely N-dealkylation sites (tertiary alicyclic amines) is 1. The number of carbonyl (C=O) groups is 3. The smallest absolute Gasteiger partial charge is 0.325 e. The van der Waals surface area contributed by atoms with Crippen LogP contribution in [0.1, 0.15) is 40.0 Å². The van der Waals surface area contributed by atoms with Gasteiger partial charge in [0.2, 0.25) is 0 Å². The third kappa shape index (κ3) is 4.22. The Morgan fingerprint density at radius 2 is 2.09 bits per heavy atom. The normalized spacial score (nSPS) is 24.7. The first-order chi connectivity index (χ1) is 10.8. The van der Waals surface area contributed by atoms with E-state index >= 15 is 0 Å². The zero-order chi connectivity index (χ0) is 17.0. The number of imide groups is 1. The Labute approximate surface area is 137 Å². The van der Waals surface area contributed by atoms with E-state index in [0.717, 1.165) is 25.9 Å². The second-order valence-electron chi connectivity index (χ2n) is 6.76. The van der Waals surface area contributed by atoms with Gasteiger partial charge in [0.05, 0.1) is 12.5 Å². The molecule has 2 aliphatic heterocycles. The van der Waals surface area contributed by atoms with Crippen LogP contribution in [0.2, 0.25) is 0 Å². The standard InChI is InChI=1S/C16H27N3O4/c1-4-23-13(20)12-7-5-8-18(11-12)9-6-10-19-14(21)16(2,3)17-15(19)22/h12H,4-11H2,1-3H3,(H,17,22)/t12-/m0/s1. The van der Waals surface area contributed by atoms with Crippen molar-refractivity contribution in [1.29, 1.82) is 0 Å². The Kier molecular flexibility index (Phi) is 5.62. The van der Waals surface area contributed by atoms with Gasteiger partial charge in [-0.3, -0.25) is 14.5 Å². The molecule has 7 heteroatoms. The predicted octanol–water partition coefficient (Wildman–Crippen LogP) is 0.982. The van der Waals surface area contributed by atoms with E-state index in [1.165, 1.54) is 4.90 Å². The van der Waals surface area contributed by atoms with E-state index in [9.17, 15) is 14.4 Å².